The fourth-order valence-corrected chi connectivity index (χ4v) is 3.74. The van der Waals surface area contributed by atoms with Crippen molar-refractivity contribution < 1.29 is 19.0 Å². The van der Waals surface area contributed by atoms with Crippen LogP contribution in [0.4, 0.5) is 0 Å². The van der Waals surface area contributed by atoms with Crippen molar-refractivity contribution in [3.63, 3.8) is 0 Å². The molecule has 3 heterocycles. The van der Waals surface area contributed by atoms with Gasteiger partial charge in [0.1, 0.15) is 6.10 Å². The van der Waals surface area contributed by atoms with E-state index >= 15 is 0 Å². The predicted molar refractivity (Wildman–Crippen MR) is 113 cm³/mol. The van der Waals surface area contributed by atoms with Crippen molar-refractivity contribution >= 4 is 16.9 Å². The van der Waals surface area contributed by atoms with Gasteiger partial charge in [-0.2, -0.15) is 0 Å². The van der Waals surface area contributed by atoms with Crippen LogP contribution in [0.2, 0.25) is 0 Å². The summed E-state index contributed by atoms with van der Waals surface area (Å²) in [6.07, 6.45) is 2.08. The number of pyridine rings is 1. The molecule has 0 radical (unpaired) electrons. The molecule has 3 aromatic rings. The Hall–Kier alpha value is -3.29. The number of aryl methyl sites for hydroxylation is 1. The highest BCUT2D eigenvalue weighted by Gasteiger charge is 2.29. The van der Waals surface area contributed by atoms with E-state index in [1.54, 1.807) is 20.5 Å². The van der Waals surface area contributed by atoms with E-state index in [0.717, 1.165) is 23.3 Å². The zero-order valence-electron chi connectivity index (χ0n) is 17.6. The van der Waals surface area contributed by atoms with Gasteiger partial charge in [0.25, 0.3) is 0 Å². The highest BCUT2D eigenvalue weighted by Crippen LogP contribution is 2.35. The molecule has 1 saturated heterocycles. The van der Waals surface area contributed by atoms with Crippen molar-refractivity contribution in [2.24, 2.45) is 5.92 Å². The number of amides is 1. The minimum Gasteiger partial charge on any atom is -0.493 e. The summed E-state index contributed by atoms with van der Waals surface area (Å²) in [6, 6.07) is 7.70. The molecule has 1 amide bonds. The van der Waals surface area contributed by atoms with Gasteiger partial charge in [-0.15, -0.1) is 0 Å². The molecule has 1 N–H and O–H groups in total. The summed E-state index contributed by atoms with van der Waals surface area (Å²) in [5, 5.41) is 2.86. The molecule has 158 valence electrons. The van der Waals surface area contributed by atoms with Gasteiger partial charge in [-0.05, 0) is 38.1 Å². The van der Waals surface area contributed by atoms with Gasteiger partial charge in [0.2, 0.25) is 11.8 Å². The smallest absolute Gasteiger partial charge is 0.243 e. The van der Waals surface area contributed by atoms with Crippen molar-refractivity contribution in [3.05, 3.63) is 30.6 Å². The van der Waals surface area contributed by atoms with E-state index in [1.807, 2.05) is 31.2 Å². The number of fused-ring (bicyclic) bond motifs is 1. The van der Waals surface area contributed by atoms with Crippen molar-refractivity contribution in [2.45, 2.75) is 32.9 Å². The van der Waals surface area contributed by atoms with Crippen molar-refractivity contribution in [2.75, 3.05) is 20.8 Å². The molecule has 1 aliphatic heterocycles. The molecule has 1 fully saturated rings. The number of hydrogen-bond donors (Lipinski definition) is 1. The summed E-state index contributed by atoms with van der Waals surface area (Å²) in [7, 11) is 3.22. The van der Waals surface area contributed by atoms with Crippen LogP contribution in [0.3, 0.4) is 0 Å². The van der Waals surface area contributed by atoms with Gasteiger partial charge in [0.05, 0.1) is 31.8 Å². The number of imidazole rings is 1. The number of rotatable bonds is 7. The van der Waals surface area contributed by atoms with Crippen LogP contribution in [0.5, 0.6) is 17.4 Å². The fourth-order valence-electron chi connectivity index (χ4n) is 3.74. The van der Waals surface area contributed by atoms with Crippen molar-refractivity contribution in [3.8, 4) is 28.6 Å². The lowest BCUT2D eigenvalue weighted by Gasteiger charge is -2.19. The van der Waals surface area contributed by atoms with Gasteiger partial charge < -0.3 is 24.1 Å². The summed E-state index contributed by atoms with van der Waals surface area (Å²) in [5.74, 6) is 1.92. The Morgan fingerprint density at radius 2 is 2.03 bits per heavy atom. The van der Waals surface area contributed by atoms with Crippen LogP contribution in [0, 0.1) is 5.92 Å². The Morgan fingerprint density at radius 1 is 1.23 bits per heavy atom. The standard InChI is InChI=1S/C22H26N4O4/c1-5-26-12-24-21-17(26)10-16(14-6-7-18(28-3)19(8-14)29-4)25-22(21)30-13(2)15-9-20(27)23-11-15/h6-8,10,12-13,15H,5,9,11H2,1-4H3,(H,23,27)/t13-,15-/m1/s1. The molecule has 0 saturated carbocycles. The topological polar surface area (TPSA) is 87.5 Å². The Balaban J connectivity index is 1.76. The third kappa shape index (κ3) is 3.65. The largest absolute Gasteiger partial charge is 0.493 e. The lowest BCUT2D eigenvalue weighted by molar-refractivity contribution is -0.119. The van der Waals surface area contributed by atoms with Crippen molar-refractivity contribution in [1.29, 1.82) is 0 Å². The van der Waals surface area contributed by atoms with Gasteiger partial charge in [0, 0.05) is 31.0 Å². The SMILES string of the molecule is CCn1cnc2c(O[C@H](C)[C@H]3CNC(=O)C3)nc(-c3ccc(OC)c(OC)c3)cc21. The van der Waals surface area contributed by atoms with Crippen LogP contribution >= 0.6 is 0 Å². The first kappa shape index (κ1) is 20.0. The molecule has 30 heavy (non-hydrogen) atoms. The van der Waals surface area contributed by atoms with E-state index in [4.69, 9.17) is 19.2 Å². The summed E-state index contributed by atoms with van der Waals surface area (Å²) in [4.78, 5) is 20.9. The Morgan fingerprint density at radius 3 is 2.70 bits per heavy atom. The van der Waals surface area contributed by atoms with Crippen LogP contribution in [0.15, 0.2) is 30.6 Å². The molecule has 4 rings (SSSR count). The Labute approximate surface area is 175 Å². The summed E-state index contributed by atoms with van der Waals surface area (Å²) in [5.41, 5.74) is 3.29. The minimum absolute atomic E-state index is 0.0582. The average Bonchev–Trinajstić information content (AvgIpc) is 3.39. The van der Waals surface area contributed by atoms with E-state index in [2.05, 4.69) is 21.8 Å². The van der Waals surface area contributed by atoms with Crippen LogP contribution in [0.25, 0.3) is 22.3 Å². The van der Waals surface area contributed by atoms with Crippen molar-refractivity contribution in [1.82, 2.24) is 19.9 Å². The molecule has 1 aromatic carbocycles. The van der Waals surface area contributed by atoms with E-state index in [0.29, 0.717) is 35.9 Å². The Bertz CT molecular complexity index is 1080. The predicted octanol–water partition coefficient (Wildman–Crippen LogP) is 3.04. The molecular formula is C22H26N4O4. The van der Waals surface area contributed by atoms with Gasteiger partial charge in [0.15, 0.2) is 17.0 Å². The van der Waals surface area contributed by atoms with Gasteiger partial charge in [-0.1, -0.05) is 0 Å². The second-order valence-electron chi connectivity index (χ2n) is 7.37. The molecule has 8 nitrogen and oxygen atoms in total. The van der Waals surface area contributed by atoms with Gasteiger partial charge >= 0.3 is 0 Å². The second-order valence-corrected chi connectivity index (χ2v) is 7.37. The molecule has 0 bridgehead atoms. The average molecular weight is 410 g/mol. The number of aromatic nitrogens is 3. The first-order valence-electron chi connectivity index (χ1n) is 10.1. The fraction of sp³-hybridized carbons (Fsp3) is 0.409. The van der Waals surface area contributed by atoms with Crippen LogP contribution in [-0.4, -0.2) is 47.3 Å². The van der Waals surface area contributed by atoms with Crippen LogP contribution < -0.4 is 19.5 Å². The number of hydrogen-bond acceptors (Lipinski definition) is 6. The van der Waals surface area contributed by atoms with Crippen LogP contribution in [-0.2, 0) is 11.3 Å². The molecule has 0 aliphatic carbocycles. The molecule has 8 heteroatoms. The maximum Gasteiger partial charge on any atom is 0.243 e. The zero-order valence-corrected chi connectivity index (χ0v) is 17.6. The Kier molecular flexibility index (Phi) is 5.48. The van der Waals surface area contributed by atoms with Gasteiger partial charge in [-0.3, -0.25) is 4.79 Å². The lowest BCUT2D eigenvalue weighted by atomic mass is 10.0. The second kappa shape index (κ2) is 8.22. The third-order valence-corrected chi connectivity index (χ3v) is 5.57. The highest BCUT2D eigenvalue weighted by atomic mass is 16.5. The monoisotopic (exact) mass is 410 g/mol. The normalized spacial score (nSPS) is 17.1. The van der Waals surface area contributed by atoms with Crippen LogP contribution in [0.1, 0.15) is 20.3 Å². The maximum absolute atomic E-state index is 11.6. The van der Waals surface area contributed by atoms with E-state index in [-0.39, 0.29) is 17.9 Å². The number of carbonyl (C=O) groups excluding carboxylic acids is 1. The number of carbonyl (C=O) groups is 1. The first-order chi connectivity index (χ1) is 14.5. The summed E-state index contributed by atoms with van der Waals surface area (Å²) >= 11 is 0. The summed E-state index contributed by atoms with van der Waals surface area (Å²) < 4.78 is 19.1. The molecular weight excluding hydrogens is 384 g/mol. The quantitative estimate of drug-likeness (QED) is 0.644. The number of nitrogens with zero attached hydrogens (tertiary/aromatic N) is 3. The first-order valence-corrected chi connectivity index (χ1v) is 10.1. The van der Waals surface area contributed by atoms with E-state index in [1.165, 1.54) is 0 Å². The van der Waals surface area contributed by atoms with E-state index < -0.39 is 0 Å². The number of ether oxygens (including phenoxy) is 3. The third-order valence-electron chi connectivity index (χ3n) is 5.57. The summed E-state index contributed by atoms with van der Waals surface area (Å²) in [6.45, 7) is 5.43. The maximum atomic E-state index is 11.6. The van der Waals surface area contributed by atoms with Gasteiger partial charge in [-0.25, -0.2) is 9.97 Å². The lowest BCUT2D eigenvalue weighted by Crippen LogP contribution is -2.26. The minimum atomic E-state index is -0.174. The number of nitrogens with one attached hydrogen (secondary N) is 1. The highest BCUT2D eigenvalue weighted by molar-refractivity contribution is 5.85. The molecule has 0 unspecified atom stereocenters. The van der Waals surface area contributed by atoms with E-state index in [9.17, 15) is 4.79 Å². The molecule has 1 aliphatic rings. The molecule has 2 atom stereocenters. The molecule has 2 aromatic heterocycles. The zero-order chi connectivity index (χ0) is 21.3. The number of benzene rings is 1. The molecule has 0 spiro atoms. The number of methoxy groups -OCH3 is 2.